The summed E-state index contributed by atoms with van der Waals surface area (Å²) in [5, 5.41) is 4.67. The highest BCUT2D eigenvalue weighted by Crippen LogP contribution is 2.38. The van der Waals surface area contributed by atoms with Crippen LogP contribution in [0.15, 0.2) is 65.4 Å². The Kier molecular flexibility index (Phi) is 4.84. The van der Waals surface area contributed by atoms with Gasteiger partial charge in [-0.05, 0) is 41.8 Å². The summed E-state index contributed by atoms with van der Waals surface area (Å²) in [5.74, 6) is 0.904. The fraction of sp³-hybridized carbons (Fsp3) is 0.182. The molecule has 0 saturated heterocycles. The maximum absolute atomic E-state index is 4.55. The molecule has 28 heavy (non-hydrogen) atoms. The third kappa shape index (κ3) is 3.55. The first kappa shape index (κ1) is 17.8. The number of hydrogen-bond donors (Lipinski definition) is 1. The zero-order valence-electron chi connectivity index (χ0n) is 15.2. The van der Waals surface area contributed by atoms with Gasteiger partial charge < -0.3 is 5.32 Å². The number of anilines is 2. The quantitative estimate of drug-likeness (QED) is 0.429. The smallest absolute Gasteiger partial charge is 0.142 e. The molecule has 2 aromatic carbocycles. The molecule has 6 heteroatoms. The Bertz CT molecular complexity index is 1110. The van der Waals surface area contributed by atoms with Crippen molar-refractivity contribution in [2.24, 2.45) is 0 Å². The molecule has 4 aromatic rings. The van der Waals surface area contributed by atoms with Crippen molar-refractivity contribution in [3.63, 3.8) is 0 Å². The van der Waals surface area contributed by atoms with Crippen molar-refractivity contribution in [2.75, 3.05) is 11.9 Å². The van der Waals surface area contributed by atoms with Crippen molar-refractivity contribution >= 4 is 49.0 Å². The first-order valence-corrected chi connectivity index (χ1v) is 10.9. The normalized spacial score (nSPS) is 14.2. The van der Waals surface area contributed by atoms with Crippen LogP contribution in [-0.2, 0) is 19.5 Å². The van der Waals surface area contributed by atoms with Gasteiger partial charge in [-0.3, -0.25) is 4.90 Å². The van der Waals surface area contributed by atoms with Gasteiger partial charge in [0.25, 0.3) is 0 Å². The number of hydrogen-bond acceptors (Lipinski definition) is 5. The van der Waals surface area contributed by atoms with Gasteiger partial charge in [0.05, 0.1) is 5.39 Å². The lowest BCUT2D eigenvalue weighted by Gasteiger charge is -2.27. The molecule has 0 fully saturated rings. The number of halogens is 1. The molecule has 4 nitrogen and oxygen atoms in total. The SMILES string of the molecule is Brc1ccc(Nc2ncnc3sc4c(c23)CCN(Cc2ccccc2)C4)cc1. The van der Waals surface area contributed by atoms with Crippen LogP contribution in [-0.4, -0.2) is 21.4 Å². The summed E-state index contributed by atoms with van der Waals surface area (Å²) < 4.78 is 1.07. The lowest BCUT2D eigenvalue weighted by Crippen LogP contribution is -2.29. The maximum Gasteiger partial charge on any atom is 0.142 e. The second-order valence-electron chi connectivity index (χ2n) is 6.98. The van der Waals surface area contributed by atoms with Crippen molar-refractivity contribution in [3.8, 4) is 0 Å². The molecular formula is C22H19BrN4S. The van der Waals surface area contributed by atoms with E-state index < -0.39 is 0 Å². The van der Waals surface area contributed by atoms with Crippen LogP contribution in [0.5, 0.6) is 0 Å². The predicted molar refractivity (Wildman–Crippen MR) is 119 cm³/mol. The summed E-state index contributed by atoms with van der Waals surface area (Å²) in [6.45, 7) is 3.02. The summed E-state index contributed by atoms with van der Waals surface area (Å²) in [5.41, 5.74) is 3.80. The molecule has 2 aromatic heterocycles. The molecule has 1 N–H and O–H groups in total. The van der Waals surface area contributed by atoms with Crippen molar-refractivity contribution in [1.82, 2.24) is 14.9 Å². The minimum absolute atomic E-state index is 0.904. The van der Waals surface area contributed by atoms with E-state index in [0.717, 1.165) is 46.9 Å². The Morgan fingerprint density at radius 1 is 1.04 bits per heavy atom. The van der Waals surface area contributed by atoms with Gasteiger partial charge in [-0.15, -0.1) is 11.3 Å². The van der Waals surface area contributed by atoms with Crippen molar-refractivity contribution < 1.29 is 0 Å². The average Bonchev–Trinajstić information content (AvgIpc) is 3.09. The largest absolute Gasteiger partial charge is 0.340 e. The van der Waals surface area contributed by atoms with E-state index >= 15 is 0 Å². The molecule has 0 saturated carbocycles. The number of aromatic nitrogens is 2. The first-order valence-electron chi connectivity index (χ1n) is 9.30. The molecule has 5 rings (SSSR count). The zero-order valence-corrected chi connectivity index (χ0v) is 17.6. The topological polar surface area (TPSA) is 41.1 Å². The van der Waals surface area contributed by atoms with Gasteiger partial charge in [-0.1, -0.05) is 46.3 Å². The molecule has 0 amide bonds. The van der Waals surface area contributed by atoms with Crippen LogP contribution in [0, 0.1) is 0 Å². The highest BCUT2D eigenvalue weighted by atomic mass is 79.9. The lowest BCUT2D eigenvalue weighted by molar-refractivity contribution is 0.249. The summed E-state index contributed by atoms with van der Waals surface area (Å²) in [6, 6.07) is 18.9. The third-order valence-electron chi connectivity index (χ3n) is 5.07. The Morgan fingerprint density at radius 2 is 1.86 bits per heavy atom. The number of fused-ring (bicyclic) bond motifs is 3. The van der Waals surface area contributed by atoms with Gasteiger partial charge in [0.1, 0.15) is 17.0 Å². The van der Waals surface area contributed by atoms with E-state index in [0.29, 0.717) is 0 Å². The van der Waals surface area contributed by atoms with E-state index in [4.69, 9.17) is 0 Å². The minimum atomic E-state index is 0.904. The first-order chi connectivity index (χ1) is 13.8. The molecular weight excluding hydrogens is 432 g/mol. The molecule has 0 atom stereocenters. The van der Waals surface area contributed by atoms with E-state index in [-0.39, 0.29) is 0 Å². The van der Waals surface area contributed by atoms with E-state index in [1.54, 1.807) is 17.7 Å². The lowest BCUT2D eigenvalue weighted by atomic mass is 10.0. The Hall–Kier alpha value is -2.28. The Balaban J connectivity index is 1.44. The molecule has 3 heterocycles. The van der Waals surface area contributed by atoms with Crippen LogP contribution in [0.4, 0.5) is 11.5 Å². The van der Waals surface area contributed by atoms with Gasteiger partial charge >= 0.3 is 0 Å². The van der Waals surface area contributed by atoms with E-state index in [9.17, 15) is 0 Å². The predicted octanol–water partition coefficient (Wildman–Crippen LogP) is 5.76. The van der Waals surface area contributed by atoms with Crippen molar-refractivity contribution in [1.29, 1.82) is 0 Å². The third-order valence-corrected chi connectivity index (χ3v) is 6.73. The molecule has 0 radical (unpaired) electrons. The molecule has 0 bridgehead atoms. The van der Waals surface area contributed by atoms with E-state index in [2.05, 4.69) is 78.6 Å². The van der Waals surface area contributed by atoms with Crippen LogP contribution in [0.2, 0.25) is 0 Å². The summed E-state index contributed by atoms with van der Waals surface area (Å²) in [7, 11) is 0. The van der Waals surface area contributed by atoms with Gasteiger partial charge in [0.15, 0.2) is 0 Å². The van der Waals surface area contributed by atoms with Crippen molar-refractivity contribution in [3.05, 3.63) is 81.4 Å². The van der Waals surface area contributed by atoms with Crippen LogP contribution in [0.25, 0.3) is 10.2 Å². The molecule has 0 spiro atoms. The fourth-order valence-corrected chi connectivity index (χ4v) is 5.22. The molecule has 1 aliphatic rings. The van der Waals surface area contributed by atoms with Crippen LogP contribution < -0.4 is 5.32 Å². The van der Waals surface area contributed by atoms with Gasteiger partial charge in [0, 0.05) is 34.7 Å². The number of nitrogens with zero attached hydrogens (tertiary/aromatic N) is 3. The highest BCUT2D eigenvalue weighted by molar-refractivity contribution is 9.10. The number of thiophene rings is 1. The molecule has 1 aliphatic heterocycles. The summed E-state index contributed by atoms with van der Waals surface area (Å²) >= 11 is 5.29. The summed E-state index contributed by atoms with van der Waals surface area (Å²) in [6.07, 6.45) is 2.69. The van der Waals surface area contributed by atoms with Crippen LogP contribution >= 0.6 is 27.3 Å². The maximum atomic E-state index is 4.55. The Labute approximate surface area is 176 Å². The van der Waals surface area contributed by atoms with Crippen LogP contribution in [0.3, 0.4) is 0 Å². The van der Waals surface area contributed by atoms with Gasteiger partial charge in [-0.25, -0.2) is 9.97 Å². The molecule has 0 unspecified atom stereocenters. The standard InChI is InChI=1S/C22H19BrN4S/c23-16-6-8-17(9-7-16)26-21-20-18-10-11-27(12-15-4-2-1-3-5-15)13-19(18)28-22(20)25-14-24-21/h1-9,14H,10-13H2,(H,24,25,26). The number of nitrogens with one attached hydrogen (secondary N) is 1. The van der Waals surface area contributed by atoms with E-state index in [1.165, 1.54) is 21.4 Å². The molecule has 0 aliphatic carbocycles. The Morgan fingerprint density at radius 3 is 2.68 bits per heavy atom. The molecule has 140 valence electrons. The second-order valence-corrected chi connectivity index (χ2v) is 8.98. The number of benzene rings is 2. The number of rotatable bonds is 4. The van der Waals surface area contributed by atoms with Gasteiger partial charge in [0.2, 0.25) is 0 Å². The summed E-state index contributed by atoms with van der Waals surface area (Å²) in [4.78, 5) is 14.1. The van der Waals surface area contributed by atoms with Crippen LogP contribution in [0.1, 0.15) is 16.0 Å². The van der Waals surface area contributed by atoms with Crippen molar-refractivity contribution in [2.45, 2.75) is 19.5 Å². The fourth-order valence-electron chi connectivity index (χ4n) is 3.72. The second kappa shape index (κ2) is 7.62. The zero-order chi connectivity index (χ0) is 18.9. The minimum Gasteiger partial charge on any atom is -0.340 e. The monoisotopic (exact) mass is 450 g/mol. The van der Waals surface area contributed by atoms with Gasteiger partial charge in [-0.2, -0.15) is 0 Å². The average molecular weight is 451 g/mol. The van der Waals surface area contributed by atoms with E-state index in [1.807, 2.05) is 12.1 Å². The highest BCUT2D eigenvalue weighted by Gasteiger charge is 2.23.